The Hall–Kier alpha value is -1.57. The Morgan fingerprint density at radius 1 is 1.57 bits per heavy atom. The van der Waals surface area contributed by atoms with Crippen LogP contribution in [0.5, 0.6) is 0 Å². The smallest absolute Gasteiger partial charge is 0.324 e. The molecule has 1 atom stereocenters. The Morgan fingerprint density at radius 3 is 2.90 bits per heavy atom. The van der Waals surface area contributed by atoms with Crippen LogP contribution in [-0.4, -0.2) is 28.1 Å². The Labute approximate surface area is 129 Å². The van der Waals surface area contributed by atoms with E-state index in [2.05, 4.69) is 6.07 Å². The fourth-order valence-corrected chi connectivity index (χ4v) is 3.40. The third kappa shape index (κ3) is 3.04. The minimum atomic E-state index is -0.772. The van der Waals surface area contributed by atoms with E-state index in [1.165, 1.54) is 0 Å². The highest BCUT2D eigenvalue weighted by molar-refractivity contribution is 6.31. The summed E-state index contributed by atoms with van der Waals surface area (Å²) in [7, 11) is 0. The van der Waals surface area contributed by atoms with Crippen LogP contribution in [0.4, 0.5) is 0 Å². The van der Waals surface area contributed by atoms with E-state index in [-0.39, 0.29) is 0 Å². The van der Waals surface area contributed by atoms with Gasteiger partial charge in [0.25, 0.3) is 0 Å². The summed E-state index contributed by atoms with van der Waals surface area (Å²) in [5, 5.41) is 19.1. The third-order valence-corrected chi connectivity index (χ3v) is 4.58. The molecule has 1 aliphatic rings. The number of benzene rings is 1. The molecule has 0 aromatic heterocycles. The van der Waals surface area contributed by atoms with Gasteiger partial charge in [0.05, 0.1) is 11.6 Å². The lowest BCUT2D eigenvalue weighted by atomic mass is 9.90. The number of carboxylic acids is 1. The molecule has 0 aliphatic carbocycles. The van der Waals surface area contributed by atoms with Crippen molar-refractivity contribution in [2.75, 3.05) is 6.54 Å². The average Bonchev–Trinajstić information content (AvgIpc) is 2.85. The minimum absolute atomic E-state index is 0.511. The minimum Gasteiger partial charge on any atom is -0.480 e. The molecule has 1 unspecified atom stereocenters. The van der Waals surface area contributed by atoms with Gasteiger partial charge in [-0.25, -0.2) is 0 Å². The molecule has 1 aliphatic heterocycles. The summed E-state index contributed by atoms with van der Waals surface area (Å²) < 4.78 is 0. The van der Waals surface area contributed by atoms with Crippen molar-refractivity contribution in [2.45, 2.75) is 44.7 Å². The van der Waals surface area contributed by atoms with Crippen LogP contribution in [0.15, 0.2) is 18.2 Å². The summed E-state index contributed by atoms with van der Waals surface area (Å²) in [5.74, 6) is -0.744. The SMILES string of the molecule is CCCC1(C(=O)O)CCCN1Cc1ccc(C#N)cc1Cl. The highest BCUT2D eigenvalue weighted by Gasteiger charge is 2.46. The molecular weight excluding hydrogens is 288 g/mol. The van der Waals surface area contributed by atoms with Crippen LogP contribution in [0.25, 0.3) is 0 Å². The number of halogens is 1. The second kappa shape index (κ2) is 6.46. The van der Waals surface area contributed by atoms with Gasteiger partial charge >= 0.3 is 5.97 Å². The average molecular weight is 307 g/mol. The van der Waals surface area contributed by atoms with E-state index in [0.29, 0.717) is 30.0 Å². The van der Waals surface area contributed by atoms with Gasteiger partial charge in [-0.1, -0.05) is 31.0 Å². The van der Waals surface area contributed by atoms with Gasteiger partial charge in [-0.15, -0.1) is 0 Å². The number of hydrogen-bond acceptors (Lipinski definition) is 3. The number of carbonyl (C=O) groups is 1. The quantitative estimate of drug-likeness (QED) is 0.905. The van der Waals surface area contributed by atoms with Crippen LogP contribution >= 0.6 is 11.6 Å². The van der Waals surface area contributed by atoms with E-state index in [9.17, 15) is 9.90 Å². The monoisotopic (exact) mass is 306 g/mol. The number of rotatable bonds is 5. The number of aliphatic carboxylic acids is 1. The van der Waals surface area contributed by atoms with Gasteiger partial charge in [-0.05, 0) is 43.5 Å². The molecule has 1 N–H and O–H groups in total. The first kappa shape index (κ1) is 15.8. The van der Waals surface area contributed by atoms with Crippen LogP contribution in [0, 0.1) is 11.3 Å². The molecule has 21 heavy (non-hydrogen) atoms. The first-order chi connectivity index (χ1) is 10.0. The zero-order chi connectivity index (χ0) is 15.5. The number of hydrogen-bond donors (Lipinski definition) is 1. The van der Waals surface area contributed by atoms with Gasteiger partial charge in [0, 0.05) is 11.6 Å². The normalized spacial score (nSPS) is 22.1. The van der Waals surface area contributed by atoms with E-state index < -0.39 is 11.5 Å². The van der Waals surface area contributed by atoms with Crippen LogP contribution in [0.2, 0.25) is 5.02 Å². The highest BCUT2D eigenvalue weighted by Crippen LogP contribution is 2.36. The van der Waals surface area contributed by atoms with Gasteiger partial charge in [0.1, 0.15) is 5.54 Å². The fraction of sp³-hybridized carbons (Fsp3) is 0.500. The van der Waals surface area contributed by atoms with Crippen molar-refractivity contribution in [3.8, 4) is 6.07 Å². The molecule has 4 nitrogen and oxygen atoms in total. The molecule has 0 saturated carbocycles. The fourth-order valence-electron chi connectivity index (χ4n) is 3.16. The lowest BCUT2D eigenvalue weighted by Gasteiger charge is -2.34. The number of nitriles is 1. The van der Waals surface area contributed by atoms with Gasteiger partial charge in [-0.2, -0.15) is 5.26 Å². The molecular formula is C16H19ClN2O2. The topological polar surface area (TPSA) is 64.3 Å². The van der Waals surface area contributed by atoms with Crippen molar-refractivity contribution in [3.05, 3.63) is 34.3 Å². The van der Waals surface area contributed by atoms with E-state index in [1.807, 2.05) is 17.9 Å². The number of carboxylic acid groups (broad SMARTS) is 1. The van der Waals surface area contributed by atoms with Crippen LogP contribution in [0.1, 0.15) is 43.7 Å². The number of nitrogens with zero attached hydrogens (tertiary/aromatic N) is 2. The van der Waals surface area contributed by atoms with Crippen molar-refractivity contribution in [2.24, 2.45) is 0 Å². The van der Waals surface area contributed by atoms with Crippen molar-refractivity contribution in [3.63, 3.8) is 0 Å². The van der Waals surface area contributed by atoms with Gasteiger partial charge in [0.15, 0.2) is 0 Å². The van der Waals surface area contributed by atoms with E-state index in [0.717, 1.165) is 24.9 Å². The van der Waals surface area contributed by atoms with Crippen LogP contribution in [0.3, 0.4) is 0 Å². The summed E-state index contributed by atoms with van der Waals surface area (Å²) in [5.41, 5.74) is 0.619. The number of likely N-dealkylation sites (tertiary alicyclic amines) is 1. The van der Waals surface area contributed by atoms with E-state index >= 15 is 0 Å². The molecule has 0 radical (unpaired) electrons. The summed E-state index contributed by atoms with van der Waals surface area (Å²) >= 11 is 6.21. The molecule has 1 aromatic rings. The predicted molar refractivity (Wildman–Crippen MR) is 81.1 cm³/mol. The van der Waals surface area contributed by atoms with Crippen LogP contribution < -0.4 is 0 Å². The molecule has 0 bridgehead atoms. The lowest BCUT2D eigenvalue weighted by molar-refractivity contribution is -0.150. The Bertz CT molecular complexity index is 582. The van der Waals surface area contributed by atoms with Gasteiger partial charge < -0.3 is 5.11 Å². The maximum Gasteiger partial charge on any atom is 0.324 e. The molecule has 2 rings (SSSR count). The van der Waals surface area contributed by atoms with Gasteiger partial charge in [0.2, 0.25) is 0 Å². The second-order valence-electron chi connectivity index (χ2n) is 5.53. The summed E-state index contributed by atoms with van der Waals surface area (Å²) in [6, 6.07) is 7.22. The van der Waals surface area contributed by atoms with E-state index in [1.54, 1.807) is 12.1 Å². The standard InChI is InChI=1S/C16H19ClN2O2/c1-2-6-16(15(20)21)7-3-8-19(16)11-13-5-4-12(10-18)9-14(13)17/h4-5,9H,2-3,6-8,11H2,1H3,(H,20,21). The zero-order valence-electron chi connectivity index (χ0n) is 12.1. The molecule has 1 aromatic carbocycles. The molecule has 1 fully saturated rings. The van der Waals surface area contributed by atoms with E-state index in [4.69, 9.17) is 16.9 Å². The lowest BCUT2D eigenvalue weighted by Crippen LogP contribution is -2.50. The second-order valence-corrected chi connectivity index (χ2v) is 5.94. The largest absolute Gasteiger partial charge is 0.480 e. The highest BCUT2D eigenvalue weighted by atomic mass is 35.5. The first-order valence-corrected chi connectivity index (χ1v) is 7.58. The summed E-state index contributed by atoms with van der Waals surface area (Å²) in [6.07, 6.45) is 3.06. The molecule has 112 valence electrons. The molecule has 5 heteroatoms. The van der Waals surface area contributed by atoms with Crippen LogP contribution in [-0.2, 0) is 11.3 Å². The molecule has 1 saturated heterocycles. The molecule has 0 amide bonds. The van der Waals surface area contributed by atoms with Crippen molar-refractivity contribution >= 4 is 17.6 Å². The van der Waals surface area contributed by atoms with Crippen molar-refractivity contribution in [1.82, 2.24) is 4.90 Å². The third-order valence-electron chi connectivity index (χ3n) is 4.23. The molecule has 1 heterocycles. The zero-order valence-corrected chi connectivity index (χ0v) is 12.9. The predicted octanol–water partition coefficient (Wildman–Crippen LogP) is 3.43. The Morgan fingerprint density at radius 2 is 2.33 bits per heavy atom. The maximum atomic E-state index is 11.8. The molecule has 0 spiro atoms. The summed E-state index contributed by atoms with van der Waals surface area (Å²) in [6.45, 7) is 3.29. The first-order valence-electron chi connectivity index (χ1n) is 7.20. The summed E-state index contributed by atoms with van der Waals surface area (Å²) in [4.78, 5) is 13.8. The van der Waals surface area contributed by atoms with Crippen molar-refractivity contribution < 1.29 is 9.90 Å². The Kier molecular flexibility index (Phi) is 4.87. The van der Waals surface area contributed by atoms with Gasteiger partial charge in [-0.3, -0.25) is 9.69 Å². The Balaban J connectivity index is 2.25. The van der Waals surface area contributed by atoms with Crippen molar-refractivity contribution in [1.29, 1.82) is 5.26 Å². The maximum absolute atomic E-state index is 11.8.